The number of nitrogens with two attached hydrogens (primary N) is 1. The summed E-state index contributed by atoms with van der Waals surface area (Å²) in [6.07, 6.45) is -3.86. The van der Waals surface area contributed by atoms with Crippen molar-refractivity contribution in [3.63, 3.8) is 0 Å². The number of rotatable bonds is 12. The van der Waals surface area contributed by atoms with Crippen molar-refractivity contribution < 1.29 is 47.6 Å². The van der Waals surface area contributed by atoms with Crippen molar-refractivity contribution in [1.29, 1.82) is 0 Å². The van der Waals surface area contributed by atoms with Crippen molar-refractivity contribution in [3.8, 4) is 0 Å². The number of nitrogens with one attached hydrogen (secondary N) is 1. The molecule has 5 unspecified atom stereocenters. The molecular formula is C19H32N2O10. The zero-order valence-electron chi connectivity index (χ0n) is 18.3. The number of esters is 3. The molecule has 5 atom stereocenters. The number of carbonyl (C=O) groups excluding carboxylic acids is 4. The molecule has 1 aliphatic heterocycles. The molecule has 12 heteroatoms. The summed E-state index contributed by atoms with van der Waals surface area (Å²) in [7, 11) is 0. The lowest BCUT2D eigenvalue weighted by Gasteiger charge is -2.44. The van der Waals surface area contributed by atoms with Crippen LogP contribution in [0.25, 0.3) is 0 Å². The van der Waals surface area contributed by atoms with Crippen molar-refractivity contribution in [2.45, 2.75) is 64.8 Å². The van der Waals surface area contributed by atoms with Crippen LogP contribution in [0.4, 0.5) is 0 Å². The molecule has 1 aliphatic rings. The largest absolute Gasteiger partial charge is 0.463 e. The van der Waals surface area contributed by atoms with Gasteiger partial charge in [0.2, 0.25) is 5.91 Å². The van der Waals surface area contributed by atoms with Crippen LogP contribution in [0.1, 0.15) is 34.1 Å². The molecule has 0 saturated carbocycles. The highest BCUT2D eigenvalue weighted by Gasteiger charge is 2.51. The predicted molar refractivity (Wildman–Crippen MR) is 104 cm³/mol. The molecule has 1 amide bonds. The van der Waals surface area contributed by atoms with Crippen LogP contribution in [0.3, 0.4) is 0 Å². The normalized spacial score (nSPS) is 25.4. The quantitative estimate of drug-likeness (QED) is 0.214. The van der Waals surface area contributed by atoms with Gasteiger partial charge in [-0.3, -0.25) is 19.2 Å². The van der Waals surface area contributed by atoms with Gasteiger partial charge in [-0.1, -0.05) is 0 Å². The molecule has 0 aromatic carbocycles. The Morgan fingerprint density at radius 1 is 0.903 bits per heavy atom. The highest BCUT2D eigenvalue weighted by atomic mass is 16.7. The average molecular weight is 448 g/mol. The van der Waals surface area contributed by atoms with E-state index in [4.69, 9.17) is 34.2 Å². The van der Waals surface area contributed by atoms with Gasteiger partial charge in [0, 0.05) is 40.8 Å². The Kier molecular flexibility index (Phi) is 12.0. The van der Waals surface area contributed by atoms with Gasteiger partial charge in [-0.2, -0.15) is 0 Å². The lowest BCUT2D eigenvalue weighted by Crippen LogP contribution is -2.66. The Morgan fingerprint density at radius 3 is 2.10 bits per heavy atom. The second-order valence-electron chi connectivity index (χ2n) is 6.85. The van der Waals surface area contributed by atoms with Crippen LogP contribution in [0.5, 0.6) is 0 Å². The third-order valence-corrected chi connectivity index (χ3v) is 4.05. The fourth-order valence-corrected chi connectivity index (χ4v) is 2.98. The molecule has 31 heavy (non-hydrogen) atoms. The lowest BCUT2D eigenvalue weighted by molar-refractivity contribution is -0.278. The summed E-state index contributed by atoms with van der Waals surface area (Å²) in [4.78, 5) is 46.5. The lowest BCUT2D eigenvalue weighted by atomic mass is 9.96. The Labute approximate surface area is 181 Å². The third kappa shape index (κ3) is 10.0. The van der Waals surface area contributed by atoms with E-state index < -0.39 is 54.5 Å². The van der Waals surface area contributed by atoms with Crippen LogP contribution in [-0.4, -0.2) is 87.4 Å². The van der Waals surface area contributed by atoms with Gasteiger partial charge in [-0.25, -0.2) is 0 Å². The molecule has 3 N–H and O–H groups in total. The minimum absolute atomic E-state index is 0.191. The van der Waals surface area contributed by atoms with Gasteiger partial charge in [0.05, 0.1) is 13.2 Å². The van der Waals surface area contributed by atoms with Gasteiger partial charge in [-0.05, 0) is 6.42 Å². The summed E-state index contributed by atoms with van der Waals surface area (Å²) in [5.41, 5.74) is 5.36. The second kappa shape index (κ2) is 13.9. The summed E-state index contributed by atoms with van der Waals surface area (Å²) < 4.78 is 32.6. The van der Waals surface area contributed by atoms with Crippen LogP contribution in [0.2, 0.25) is 0 Å². The molecule has 1 heterocycles. The van der Waals surface area contributed by atoms with Crippen molar-refractivity contribution in [2.75, 3.05) is 33.0 Å². The van der Waals surface area contributed by atoms with Gasteiger partial charge in [0.25, 0.3) is 0 Å². The molecule has 0 bridgehead atoms. The van der Waals surface area contributed by atoms with Crippen molar-refractivity contribution in [1.82, 2.24) is 5.32 Å². The first-order valence-electron chi connectivity index (χ1n) is 9.95. The molecule has 1 fully saturated rings. The zero-order valence-corrected chi connectivity index (χ0v) is 18.3. The van der Waals surface area contributed by atoms with Crippen LogP contribution in [0.15, 0.2) is 0 Å². The fourth-order valence-electron chi connectivity index (χ4n) is 2.98. The van der Waals surface area contributed by atoms with E-state index in [1.807, 2.05) is 0 Å². The molecule has 1 saturated heterocycles. The molecule has 0 aliphatic carbocycles. The number of hydrogen-bond donors (Lipinski definition) is 2. The van der Waals surface area contributed by atoms with Crippen molar-refractivity contribution in [3.05, 3.63) is 0 Å². The molecule has 0 aromatic rings. The van der Waals surface area contributed by atoms with Gasteiger partial charge < -0.3 is 39.5 Å². The van der Waals surface area contributed by atoms with Gasteiger partial charge >= 0.3 is 17.9 Å². The SMILES string of the molecule is CC(=O)NC1C(OCCCOCCN)OC(COC(C)=O)C(OC(C)=O)C1OC(C)=O. The first kappa shape index (κ1) is 26.8. The minimum Gasteiger partial charge on any atom is -0.463 e. The maximum atomic E-state index is 11.8. The minimum atomic E-state index is -1.15. The second-order valence-corrected chi connectivity index (χ2v) is 6.85. The number of ether oxygens (including phenoxy) is 6. The summed E-state index contributed by atoms with van der Waals surface area (Å²) in [5.74, 6) is -2.35. The Hall–Kier alpha value is -2.28. The molecular weight excluding hydrogens is 416 g/mol. The van der Waals surface area contributed by atoms with Crippen LogP contribution in [-0.2, 0) is 47.6 Å². The Balaban J connectivity index is 3.07. The molecule has 12 nitrogen and oxygen atoms in total. The van der Waals surface area contributed by atoms with E-state index in [1.165, 1.54) is 27.7 Å². The van der Waals surface area contributed by atoms with Gasteiger partial charge in [0.1, 0.15) is 18.8 Å². The smallest absolute Gasteiger partial charge is 0.303 e. The Morgan fingerprint density at radius 2 is 1.55 bits per heavy atom. The maximum absolute atomic E-state index is 11.8. The van der Waals surface area contributed by atoms with E-state index in [2.05, 4.69) is 5.32 Å². The molecule has 178 valence electrons. The molecule has 0 spiro atoms. The highest BCUT2D eigenvalue weighted by molar-refractivity contribution is 5.73. The Bertz CT molecular complexity index is 614. The molecule has 0 aromatic heterocycles. The summed E-state index contributed by atoms with van der Waals surface area (Å²) in [6.45, 7) is 5.95. The maximum Gasteiger partial charge on any atom is 0.303 e. The summed E-state index contributed by atoms with van der Waals surface area (Å²) in [5, 5.41) is 2.62. The van der Waals surface area contributed by atoms with Crippen molar-refractivity contribution >= 4 is 23.8 Å². The van der Waals surface area contributed by atoms with Gasteiger partial charge in [-0.15, -0.1) is 0 Å². The standard InChI is InChI=1S/C19H32N2O10/c1-11(22)21-16-18(30-14(4)25)17(29-13(3)24)15(10-28-12(2)23)31-19(16)27-8-5-7-26-9-6-20/h15-19H,5-10,20H2,1-4H3,(H,21,22). The van der Waals surface area contributed by atoms with E-state index in [0.717, 1.165) is 0 Å². The first-order chi connectivity index (χ1) is 14.6. The number of hydrogen-bond acceptors (Lipinski definition) is 11. The van der Waals surface area contributed by atoms with E-state index in [-0.39, 0.29) is 13.2 Å². The summed E-state index contributed by atoms with van der Waals surface area (Å²) >= 11 is 0. The monoisotopic (exact) mass is 448 g/mol. The van der Waals surface area contributed by atoms with Crippen LogP contribution in [0, 0.1) is 0 Å². The predicted octanol–water partition coefficient (Wildman–Crippen LogP) is -0.975. The van der Waals surface area contributed by atoms with E-state index in [1.54, 1.807) is 0 Å². The first-order valence-corrected chi connectivity index (χ1v) is 9.95. The fraction of sp³-hybridized carbons (Fsp3) is 0.789. The molecule has 0 radical (unpaired) electrons. The van der Waals surface area contributed by atoms with E-state index >= 15 is 0 Å². The topological polar surface area (TPSA) is 162 Å². The summed E-state index contributed by atoms with van der Waals surface area (Å²) in [6, 6.07) is -0.982. The number of carbonyl (C=O) groups is 4. The van der Waals surface area contributed by atoms with E-state index in [0.29, 0.717) is 26.2 Å². The van der Waals surface area contributed by atoms with Crippen LogP contribution >= 0.6 is 0 Å². The van der Waals surface area contributed by atoms with E-state index in [9.17, 15) is 19.2 Å². The third-order valence-electron chi connectivity index (χ3n) is 4.05. The van der Waals surface area contributed by atoms with Crippen molar-refractivity contribution in [2.24, 2.45) is 5.73 Å². The highest BCUT2D eigenvalue weighted by Crippen LogP contribution is 2.28. The average Bonchev–Trinajstić information content (AvgIpc) is 2.66. The zero-order chi connectivity index (χ0) is 23.4. The van der Waals surface area contributed by atoms with Crippen LogP contribution < -0.4 is 11.1 Å². The van der Waals surface area contributed by atoms with Gasteiger partial charge in [0.15, 0.2) is 18.5 Å². The number of amides is 1. The molecule has 1 rings (SSSR count).